The molecule has 1 aliphatic carbocycles. The summed E-state index contributed by atoms with van der Waals surface area (Å²) < 4.78 is 0. The highest BCUT2D eigenvalue weighted by atomic mass is 14.1. The Kier molecular flexibility index (Phi) is 5.56. The molecule has 1 rings (SSSR count). The molecule has 2 heteroatoms. The van der Waals surface area contributed by atoms with Gasteiger partial charge in [0.25, 0.3) is 0 Å². The summed E-state index contributed by atoms with van der Waals surface area (Å²) in [5.41, 5.74) is 3.61. The second-order valence-corrected chi connectivity index (χ2v) is 5.78. The summed E-state index contributed by atoms with van der Waals surface area (Å²) in [6.45, 7) is 11.0. The van der Waals surface area contributed by atoms with Gasteiger partial charge in [-0.3, -0.25) is 0 Å². The molecule has 84 valence electrons. The van der Waals surface area contributed by atoms with E-state index in [0.717, 1.165) is 13.4 Å². The minimum absolute atomic E-state index is 0.775. The van der Waals surface area contributed by atoms with Gasteiger partial charge in [0, 0.05) is 0 Å². The topological polar surface area (TPSA) is 0 Å². The molecule has 0 saturated heterocycles. The molecule has 0 aromatic heterocycles. The quantitative estimate of drug-likeness (QED) is 0.582. The van der Waals surface area contributed by atoms with Gasteiger partial charge < -0.3 is 0 Å². The van der Waals surface area contributed by atoms with Crippen LogP contribution < -0.4 is 0 Å². The van der Waals surface area contributed by atoms with Gasteiger partial charge in [-0.1, -0.05) is 45.6 Å². The standard InChI is InChI=1S/C13H26B2/c1-14(2)11-10-13(15(3)4)12-8-6-5-7-9-12/h5-11H2,1-4H3. The van der Waals surface area contributed by atoms with E-state index in [1.54, 1.807) is 5.47 Å². The Hall–Kier alpha value is -0.130. The molecule has 0 N–H and O–H groups in total. The molecule has 0 unspecified atom stereocenters. The van der Waals surface area contributed by atoms with Gasteiger partial charge in [-0.25, -0.2) is 0 Å². The van der Waals surface area contributed by atoms with Crippen LogP contribution in [0.3, 0.4) is 0 Å². The van der Waals surface area contributed by atoms with Crippen molar-refractivity contribution in [1.82, 2.24) is 0 Å². The van der Waals surface area contributed by atoms with E-state index in [2.05, 4.69) is 27.3 Å². The van der Waals surface area contributed by atoms with Crippen LogP contribution in [-0.4, -0.2) is 13.4 Å². The molecular formula is C13H26B2. The van der Waals surface area contributed by atoms with Crippen LogP contribution in [0, 0.1) is 0 Å². The van der Waals surface area contributed by atoms with Crippen molar-refractivity contribution < 1.29 is 0 Å². The number of rotatable bonds is 4. The predicted octanol–water partition coefficient (Wildman–Crippen LogP) is 4.69. The van der Waals surface area contributed by atoms with Crippen LogP contribution in [0.25, 0.3) is 0 Å². The van der Waals surface area contributed by atoms with Crippen molar-refractivity contribution >= 4 is 13.4 Å². The predicted molar refractivity (Wildman–Crippen MR) is 74.5 cm³/mol. The average molecular weight is 204 g/mol. The third kappa shape index (κ3) is 4.49. The van der Waals surface area contributed by atoms with Gasteiger partial charge >= 0.3 is 0 Å². The van der Waals surface area contributed by atoms with Crippen LogP contribution in [-0.2, 0) is 0 Å². The summed E-state index contributed by atoms with van der Waals surface area (Å²) in [7, 11) is 0. The van der Waals surface area contributed by atoms with Gasteiger partial charge in [0.05, 0.1) is 0 Å². The minimum Gasteiger partial charge on any atom is -0.103 e. The Balaban J connectivity index is 2.62. The molecule has 1 aliphatic rings. The van der Waals surface area contributed by atoms with Crippen LogP contribution in [0.5, 0.6) is 0 Å². The van der Waals surface area contributed by atoms with E-state index >= 15 is 0 Å². The molecule has 0 nitrogen and oxygen atoms in total. The maximum absolute atomic E-state index is 2.37. The molecule has 0 bridgehead atoms. The minimum atomic E-state index is 0.775. The highest BCUT2D eigenvalue weighted by molar-refractivity contribution is 6.64. The molecule has 0 heterocycles. The molecule has 1 fully saturated rings. The molecule has 1 saturated carbocycles. The summed E-state index contributed by atoms with van der Waals surface area (Å²) in [5, 5.41) is 0. The largest absolute Gasteiger partial charge is 0.164 e. The summed E-state index contributed by atoms with van der Waals surface area (Å²) in [4.78, 5) is 0. The fourth-order valence-electron chi connectivity index (χ4n) is 2.62. The van der Waals surface area contributed by atoms with E-state index < -0.39 is 0 Å². The lowest BCUT2D eigenvalue weighted by Crippen LogP contribution is -2.13. The molecule has 0 aromatic carbocycles. The Morgan fingerprint density at radius 3 is 2.07 bits per heavy atom. The third-order valence-electron chi connectivity index (χ3n) is 3.60. The average Bonchev–Trinajstić information content (AvgIpc) is 2.18. The maximum atomic E-state index is 2.37. The first kappa shape index (κ1) is 12.9. The van der Waals surface area contributed by atoms with E-state index in [4.69, 9.17) is 0 Å². The Morgan fingerprint density at radius 2 is 1.60 bits per heavy atom. The molecule has 15 heavy (non-hydrogen) atoms. The SMILES string of the molecule is CB(C)CCC(B(C)C)=C1CCCCC1. The molecule has 0 spiro atoms. The molecule has 0 aromatic rings. The summed E-state index contributed by atoms with van der Waals surface area (Å²) in [6.07, 6.45) is 9.85. The Morgan fingerprint density at radius 1 is 1.00 bits per heavy atom. The lowest BCUT2D eigenvalue weighted by atomic mass is 9.43. The van der Waals surface area contributed by atoms with Gasteiger partial charge in [-0.15, -0.1) is 5.47 Å². The number of hydrogen-bond acceptors (Lipinski definition) is 0. The van der Waals surface area contributed by atoms with Crippen molar-refractivity contribution in [1.29, 1.82) is 0 Å². The van der Waals surface area contributed by atoms with E-state index in [1.807, 2.05) is 5.57 Å². The van der Waals surface area contributed by atoms with Crippen molar-refractivity contribution in [2.75, 3.05) is 0 Å². The third-order valence-corrected chi connectivity index (χ3v) is 3.60. The number of allylic oxidation sites excluding steroid dienone is 2. The number of hydrogen-bond donors (Lipinski definition) is 0. The first-order valence-corrected chi connectivity index (χ1v) is 6.82. The second kappa shape index (κ2) is 6.45. The van der Waals surface area contributed by atoms with E-state index in [1.165, 1.54) is 44.8 Å². The first-order valence-electron chi connectivity index (χ1n) is 6.82. The molecule has 0 amide bonds. The van der Waals surface area contributed by atoms with Crippen molar-refractivity contribution in [3.05, 3.63) is 11.0 Å². The molecule has 0 aliphatic heterocycles. The first-order chi connectivity index (χ1) is 7.11. The molecule has 0 radical (unpaired) electrons. The van der Waals surface area contributed by atoms with E-state index in [0.29, 0.717) is 0 Å². The van der Waals surface area contributed by atoms with Gasteiger partial charge in [0.2, 0.25) is 0 Å². The van der Waals surface area contributed by atoms with Crippen LogP contribution in [0.1, 0.15) is 38.5 Å². The Labute approximate surface area is 97.1 Å². The Bertz CT molecular complexity index is 209. The molecular weight excluding hydrogens is 178 g/mol. The van der Waals surface area contributed by atoms with Crippen LogP contribution >= 0.6 is 0 Å². The highest BCUT2D eigenvalue weighted by Crippen LogP contribution is 2.29. The van der Waals surface area contributed by atoms with Crippen molar-refractivity contribution in [2.24, 2.45) is 0 Å². The highest BCUT2D eigenvalue weighted by Gasteiger charge is 2.15. The van der Waals surface area contributed by atoms with Crippen molar-refractivity contribution in [2.45, 2.75) is 72.1 Å². The summed E-state index contributed by atoms with van der Waals surface area (Å²) in [6, 6.07) is 0. The van der Waals surface area contributed by atoms with Crippen LogP contribution in [0.2, 0.25) is 33.6 Å². The van der Waals surface area contributed by atoms with E-state index in [-0.39, 0.29) is 0 Å². The van der Waals surface area contributed by atoms with Gasteiger partial charge in [-0.05, 0) is 32.1 Å². The fourth-order valence-corrected chi connectivity index (χ4v) is 2.62. The second-order valence-electron chi connectivity index (χ2n) is 5.78. The smallest absolute Gasteiger partial charge is 0.103 e. The van der Waals surface area contributed by atoms with Crippen molar-refractivity contribution in [3.63, 3.8) is 0 Å². The monoisotopic (exact) mass is 204 g/mol. The normalized spacial score (nSPS) is 16.4. The zero-order chi connectivity index (χ0) is 11.3. The summed E-state index contributed by atoms with van der Waals surface area (Å²) >= 11 is 0. The van der Waals surface area contributed by atoms with Gasteiger partial charge in [-0.2, -0.15) is 0 Å². The van der Waals surface area contributed by atoms with Gasteiger partial charge in [0.15, 0.2) is 6.71 Å². The van der Waals surface area contributed by atoms with E-state index in [9.17, 15) is 0 Å². The summed E-state index contributed by atoms with van der Waals surface area (Å²) in [5.74, 6) is 0. The van der Waals surface area contributed by atoms with Crippen LogP contribution in [0.15, 0.2) is 11.0 Å². The maximum Gasteiger partial charge on any atom is 0.164 e. The van der Waals surface area contributed by atoms with Crippen molar-refractivity contribution in [3.8, 4) is 0 Å². The van der Waals surface area contributed by atoms with Gasteiger partial charge in [0.1, 0.15) is 6.71 Å². The lowest BCUT2D eigenvalue weighted by Gasteiger charge is -2.21. The van der Waals surface area contributed by atoms with Crippen LogP contribution in [0.4, 0.5) is 0 Å². The molecule has 0 atom stereocenters. The fraction of sp³-hybridized carbons (Fsp3) is 0.846. The zero-order valence-corrected chi connectivity index (χ0v) is 11.1. The lowest BCUT2D eigenvalue weighted by molar-refractivity contribution is 0.594. The zero-order valence-electron chi connectivity index (χ0n) is 11.1.